The Balaban J connectivity index is 2.44. The Morgan fingerprint density at radius 3 is 2.50 bits per heavy atom. The molecule has 0 N–H and O–H groups in total. The van der Waals surface area contributed by atoms with Gasteiger partial charge in [-0.2, -0.15) is 0 Å². The maximum Gasteiger partial charge on any atom is 0.324 e. The monoisotopic (exact) mass is 292 g/mol. The van der Waals surface area contributed by atoms with E-state index in [0.717, 1.165) is 19.3 Å². The first-order valence-corrected chi connectivity index (χ1v) is 7.47. The van der Waals surface area contributed by atoms with Crippen molar-refractivity contribution in [1.82, 2.24) is 0 Å². The van der Waals surface area contributed by atoms with Gasteiger partial charge in [0.2, 0.25) is 5.12 Å². The van der Waals surface area contributed by atoms with E-state index in [-0.39, 0.29) is 6.61 Å². The number of ether oxygens (including phenoxy) is 1. The molecule has 0 amide bonds. The fourth-order valence-corrected chi connectivity index (χ4v) is 2.87. The Morgan fingerprint density at radius 1 is 1.25 bits per heavy atom. The SMILES string of the molecule is CCOC(=O)C(C)(C(=O)S)c1ccc2c(c1)CCCC2. The van der Waals surface area contributed by atoms with E-state index < -0.39 is 16.5 Å². The first kappa shape index (κ1) is 15.1. The van der Waals surface area contributed by atoms with Gasteiger partial charge in [-0.05, 0) is 56.2 Å². The van der Waals surface area contributed by atoms with Crippen LogP contribution in [0.25, 0.3) is 0 Å². The third kappa shape index (κ3) is 2.62. The zero-order valence-electron chi connectivity index (χ0n) is 11.9. The third-order valence-electron chi connectivity index (χ3n) is 4.04. The lowest BCUT2D eigenvalue weighted by Gasteiger charge is -2.26. The van der Waals surface area contributed by atoms with Gasteiger partial charge < -0.3 is 4.74 Å². The van der Waals surface area contributed by atoms with E-state index in [4.69, 9.17) is 4.74 Å². The van der Waals surface area contributed by atoms with Gasteiger partial charge >= 0.3 is 5.97 Å². The lowest BCUT2D eigenvalue weighted by Crippen LogP contribution is -2.40. The number of hydrogen-bond acceptors (Lipinski definition) is 3. The Morgan fingerprint density at radius 2 is 1.90 bits per heavy atom. The number of thiol groups is 1. The minimum atomic E-state index is -1.33. The second-order valence-electron chi connectivity index (χ2n) is 5.34. The molecule has 0 saturated carbocycles. The van der Waals surface area contributed by atoms with Gasteiger partial charge in [-0.1, -0.05) is 18.2 Å². The van der Waals surface area contributed by atoms with Gasteiger partial charge in [0.15, 0.2) is 5.41 Å². The van der Waals surface area contributed by atoms with Crippen LogP contribution in [0.4, 0.5) is 0 Å². The van der Waals surface area contributed by atoms with Crippen molar-refractivity contribution in [2.24, 2.45) is 0 Å². The molecule has 1 aliphatic carbocycles. The van der Waals surface area contributed by atoms with Crippen molar-refractivity contribution < 1.29 is 14.3 Å². The third-order valence-corrected chi connectivity index (χ3v) is 4.48. The topological polar surface area (TPSA) is 43.4 Å². The summed E-state index contributed by atoms with van der Waals surface area (Å²) in [5.74, 6) is -0.532. The maximum atomic E-state index is 12.2. The molecule has 1 atom stereocenters. The quantitative estimate of drug-likeness (QED) is 0.527. The predicted molar refractivity (Wildman–Crippen MR) is 81.1 cm³/mol. The summed E-state index contributed by atoms with van der Waals surface area (Å²) in [5.41, 5.74) is 1.90. The standard InChI is InChI=1S/C16H20O3S/c1-3-19-14(17)16(2,15(18)20)13-9-8-11-6-4-5-7-12(11)10-13/h8-10H,3-7H2,1-2H3,(H,18,20). The largest absolute Gasteiger partial charge is 0.465 e. The van der Waals surface area contributed by atoms with Crippen molar-refractivity contribution in [3.05, 3.63) is 34.9 Å². The zero-order chi connectivity index (χ0) is 14.8. The number of rotatable bonds is 4. The summed E-state index contributed by atoms with van der Waals surface area (Å²) in [6.45, 7) is 3.57. The van der Waals surface area contributed by atoms with Gasteiger partial charge in [0.25, 0.3) is 0 Å². The smallest absolute Gasteiger partial charge is 0.324 e. The zero-order valence-corrected chi connectivity index (χ0v) is 12.8. The summed E-state index contributed by atoms with van der Waals surface area (Å²) in [6.07, 6.45) is 4.43. The van der Waals surface area contributed by atoms with Crippen LogP contribution in [0.3, 0.4) is 0 Å². The molecule has 0 saturated heterocycles. The van der Waals surface area contributed by atoms with Crippen LogP contribution in [0.2, 0.25) is 0 Å². The van der Waals surface area contributed by atoms with Gasteiger partial charge in [0, 0.05) is 0 Å². The van der Waals surface area contributed by atoms with E-state index in [1.54, 1.807) is 13.8 Å². The summed E-state index contributed by atoms with van der Waals surface area (Å²) in [5, 5.41) is -0.480. The first-order valence-electron chi connectivity index (χ1n) is 7.03. The summed E-state index contributed by atoms with van der Waals surface area (Å²) >= 11 is 3.91. The highest BCUT2D eigenvalue weighted by Gasteiger charge is 2.42. The molecule has 20 heavy (non-hydrogen) atoms. The number of hydrogen-bond donors (Lipinski definition) is 1. The van der Waals surface area contributed by atoms with Crippen LogP contribution in [-0.4, -0.2) is 17.7 Å². The second-order valence-corrected chi connectivity index (χ2v) is 5.75. The molecule has 0 aliphatic heterocycles. The fraction of sp³-hybridized carbons (Fsp3) is 0.500. The highest BCUT2D eigenvalue weighted by Crippen LogP contribution is 2.32. The van der Waals surface area contributed by atoms with Gasteiger partial charge in [-0.25, -0.2) is 0 Å². The normalized spacial score (nSPS) is 16.9. The molecular weight excluding hydrogens is 272 g/mol. The van der Waals surface area contributed by atoms with E-state index >= 15 is 0 Å². The van der Waals surface area contributed by atoms with Gasteiger partial charge in [0.1, 0.15) is 0 Å². The average molecular weight is 292 g/mol. The summed E-state index contributed by atoms with van der Waals surface area (Å²) in [7, 11) is 0. The molecule has 1 aromatic carbocycles. The Kier molecular flexibility index (Phi) is 4.53. The van der Waals surface area contributed by atoms with Gasteiger partial charge in [-0.3, -0.25) is 9.59 Å². The molecule has 1 aromatic rings. The van der Waals surface area contributed by atoms with Crippen LogP contribution in [0.15, 0.2) is 18.2 Å². The van der Waals surface area contributed by atoms with Crippen molar-refractivity contribution >= 4 is 23.7 Å². The lowest BCUT2D eigenvalue weighted by atomic mass is 9.80. The van der Waals surface area contributed by atoms with E-state index in [1.165, 1.54) is 17.5 Å². The van der Waals surface area contributed by atoms with Gasteiger partial charge in [0.05, 0.1) is 6.61 Å². The van der Waals surface area contributed by atoms with Crippen LogP contribution in [0.5, 0.6) is 0 Å². The Bertz CT molecular complexity index is 539. The van der Waals surface area contributed by atoms with Crippen LogP contribution < -0.4 is 0 Å². The van der Waals surface area contributed by atoms with Crippen LogP contribution in [0, 0.1) is 0 Å². The minimum absolute atomic E-state index is 0.250. The average Bonchev–Trinajstić information content (AvgIpc) is 2.45. The highest BCUT2D eigenvalue weighted by atomic mass is 32.1. The summed E-state index contributed by atoms with van der Waals surface area (Å²) < 4.78 is 5.06. The molecule has 3 nitrogen and oxygen atoms in total. The molecule has 0 heterocycles. The molecular formula is C16H20O3S. The van der Waals surface area contributed by atoms with Crippen molar-refractivity contribution in [1.29, 1.82) is 0 Å². The minimum Gasteiger partial charge on any atom is -0.465 e. The molecule has 1 aliphatic rings. The molecule has 108 valence electrons. The van der Waals surface area contributed by atoms with Crippen molar-refractivity contribution in [2.45, 2.75) is 44.9 Å². The lowest BCUT2D eigenvalue weighted by molar-refractivity contribution is -0.151. The van der Waals surface area contributed by atoms with Gasteiger partial charge in [-0.15, -0.1) is 12.6 Å². The first-order chi connectivity index (χ1) is 9.50. The number of carbonyl (C=O) groups is 2. The molecule has 0 aromatic heterocycles. The molecule has 0 radical (unpaired) electrons. The predicted octanol–water partition coefficient (Wildman–Crippen LogP) is 2.84. The molecule has 0 spiro atoms. The summed E-state index contributed by atoms with van der Waals surface area (Å²) in [6, 6.07) is 5.85. The number of esters is 1. The maximum absolute atomic E-state index is 12.2. The van der Waals surface area contributed by atoms with Crippen molar-refractivity contribution in [3.8, 4) is 0 Å². The second kappa shape index (κ2) is 6.00. The molecule has 4 heteroatoms. The fourth-order valence-electron chi connectivity index (χ4n) is 2.65. The Labute approximate surface area is 125 Å². The van der Waals surface area contributed by atoms with Crippen LogP contribution in [-0.2, 0) is 32.6 Å². The summed E-state index contributed by atoms with van der Waals surface area (Å²) in [4.78, 5) is 24.1. The number of carbonyl (C=O) groups excluding carboxylic acids is 2. The van der Waals surface area contributed by atoms with Crippen molar-refractivity contribution in [3.63, 3.8) is 0 Å². The Hall–Kier alpha value is -1.29. The van der Waals surface area contributed by atoms with Crippen LogP contribution >= 0.6 is 12.6 Å². The molecule has 0 bridgehead atoms. The van der Waals surface area contributed by atoms with E-state index in [1.807, 2.05) is 18.2 Å². The van der Waals surface area contributed by atoms with E-state index in [2.05, 4.69) is 12.6 Å². The molecule has 2 rings (SSSR count). The van der Waals surface area contributed by atoms with Crippen LogP contribution in [0.1, 0.15) is 43.4 Å². The number of fused-ring (bicyclic) bond motifs is 1. The van der Waals surface area contributed by atoms with E-state index in [0.29, 0.717) is 5.56 Å². The van der Waals surface area contributed by atoms with Crippen molar-refractivity contribution in [2.75, 3.05) is 6.61 Å². The van der Waals surface area contributed by atoms with E-state index in [9.17, 15) is 9.59 Å². The highest BCUT2D eigenvalue weighted by molar-refractivity contribution is 7.96. The molecule has 1 unspecified atom stereocenters. The number of aryl methyl sites for hydroxylation is 2. The molecule has 0 fully saturated rings. The number of benzene rings is 1.